The Bertz CT molecular complexity index is 1340. The van der Waals surface area contributed by atoms with Crippen molar-refractivity contribution in [3.8, 4) is 0 Å². The van der Waals surface area contributed by atoms with Gasteiger partial charge in [-0.1, -0.05) is 49.9 Å². The van der Waals surface area contributed by atoms with Crippen molar-refractivity contribution in [1.29, 1.82) is 0 Å². The predicted molar refractivity (Wildman–Crippen MR) is 156 cm³/mol. The third-order valence-corrected chi connectivity index (χ3v) is 11.0. The molecule has 42 heavy (non-hydrogen) atoms. The Balaban J connectivity index is 1.26. The van der Waals surface area contributed by atoms with E-state index in [9.17, 15) is 26.4 Å². The molecule has 2 aromatic rings. The van der Waals surface area contributed by atoms with Crippen LogP contribution < -0.4 is 5.32 Å². The minimum Gasteiger partial charge on any atom is -0.349 e. The first-order valence-corrected chi connectivity index (χ1v) is 16.9. The Morgan fingerprint density at radius 3 is 2.40 bits per heavy atom. The Hall–Kier alpha value is -2.43. The van der Waals surface area contributed by atoms with Crippen molar-refractivity contribution in [2.75, 3.05) is 19.6 Å². The first kappa shape index (κ1) is 31.0. The van der Waals surface area contributed by atoms with E-state index >= 15 is 0 Å². The molecule has 1 atom stereocenters. The zero-order valence-electron chi connectivity index (χ0n) is 24.2. The lowest BCUT2D eigenvalue weighted by atomic mass is 9.86. The molecule has 10 heteroatoms. The summed E-state index contributed by atoms with van der Waals surface area (Å²) in [5.41, 5.74) is 2.68. The number of rotatable bonds is 9. The van der Waals surface area contributed by atoms with E-state index in [1.807, 2.05) is 0 Å². The van der Waals surface area contributed by atoms with Gasteiger partial charge in [0.15, 0.2) is 0 Å². The maximum atomic E-state index is 13.7. The van der Waals surface area contributed by atoms with Crippen molar-refractivity contribution in [3.63, 3.8) is 0 Å². The number of hydrogen-bond donors (Lipinski definition) is 1. The summed E-state index contributed by atoms with van der Waals surface area (Å²) in [5, 5.41) is 3.13. The average Bonchev–Trinajstić information content (AvgIpc) is 2.98. The predicted octanol–water partition coefficient (Wildman–Crippen LogP) is 6.60. The van der Waals surface area contributed by atoms with Crippen LogP contribution in [0.15, 0.2) is 47.4 Å². The normalized spacial score (nSPS) is 20.8. The number of fused-ring (bicyclic) bond motifs is 1. The number of hydrogen-bond acceptors (Lipinski definition) is 4. The number of carbonyl (C=O) groups excluding carboxylic acids is 1. The van der Waals surface area contributed by atoms with Crippen LogP contribution in [0.4, 0.5) is 13.2 Å². The molecule has 0 aromatic heterocycles. The van der Waals surface area contributed by atoms with E-state index in [1.54, 1.807) is 0 Å². The molecule has 1 amide bonds. The van der Waals surface area contributed by atoms with Gasteiger partial charge in [-0.3, -0.25) is 9.69 Å². The first-order chi connectivity index (χ1) is 20.1. The molecule has 3 aliphatic rings. The standard InChI is InChI=1S/C32H42F3N3O3S/c33-32(34,35)26-10-8-13-28(22-26)42(40,41)38(27-11-3-1-4-12-27)20-17-31(39)36-30-14-7-9-25-21-24(15-16-29(25)30)23-37-18-5-2-6-19-37/h8,10,13,15-16,21-22,27,30H,1-7,9,11-12,14,17-20,23H2,(H,36,39)/t30-/m1/s1. The third-order valence-electron chi connectivity index (χ3n) is 9.02. The molecule has 230 valence electrons. The minimum atomic E-state index is -4.65. The molecule has 6 nitrogen and oxygen atoms in total. The molecule has 2 aromatic carbocycles. The van der Waals surface area contributed by atoms with Gasteiger partial charge in [-0.2, -0.15) is 17.5 Å². The summed E-state index contributed by atoms with van der Waals surface area (Å²) < 4.78 is 68.7. The van der Waals surface area contributed by atoms with Gasteiger partial charge in [-0.15, -0.1) is 0 Å². The van der Waals surface area contributed by atoms with E-state index in [-0.39, 0.29) is 35.9 Å². The van der Waals surface area contributed by atoms with Gasteiger partial charge in [-0.25, -0.2) is 8.42 Å². The molecule has 1 saturated heterocycles. The zero-order chi connectivity index (χ0) is 29.7. The van der Waals surface area contributed by atoms with Gasteiger partial charge in [0.2, 0.25) is 15.9 Å². The number of sulfonamides is 1. The number of alkyl halides is 3. The summed E-state index contributed by atoms with van der Waals surface area (Å²) in [4.78, 5) is 15.3. The van der Waals surface area contributed by atoms with Gasteiger partial charge in [0.1, 0.15) is 0 Å². The summed E-state index contributed by atoms with van der Waals surface area (Å²) in [7, 11) is -4.23. The summed E-state index contributed by atoms with van der Waals surface area (Å²) >= 11 is 0. The third kappa shape index (κ3) is 7.55. The van der Waals surface area contributed by atoms with Crippen LogP contribution in [-0.2, 0) is 34.0 Å². The molecule has 2 fully saturated rings. The summed E-state index contributed by atoms with van der Waals surface area (Å²) in [6, 6.07) is 10.00. The van der Waals surface area contributed by atoms with Crippen LogP contribution in [0.5, 0.6) is 0 Å². The molecule has 1 saturated carbocycles. The van der Waals surface area contributed by atoms with Crippen molar-refractivity contribution < 1.29 is 26.4 Å². The highest BCUT2D eigenvalue weighted by Gasteiger charge is 2.36. The number of amides is 1. The second-order valence-electron chi connectivity index (χ2n) is 12.1. The van der Waals surface area contributed by atoms with Crippen molar-refractivity contribution in [2.24, 2.45) is 0 Å². The molecule has 0 radical (unpaired) electrons. The van der Waals surface area contributed by atoms with Gasteiger partial charge in [0, 0.05) is 25.6 Å². The van der Waals surface area contributed by atoms with Gasteiger partial charge >= 0.3 is 6.18 Å². The van der Waals surface area contributed by atoms with Gasteiger partial charge in [-0.05, 0) is 92.9 Å². The smallest absolute Gasteiger partial charge is 0.349 e. The van der Waals surface area contributed by atoms with Crippen molar-refractivity contribution in [1.82, 2.24) is 14.5 Å². The summed E-state index contributed by atoms with van der Waals surface area (Å²) in [5.74, 6) is -0.245. The largest absolute Gasteiger partial charge is 0.416 e. The quantitative estimate of drug-likeness (QED) is 0.350. The Labute approximate surface area is 247 Å². The number of benzene rings is 2. The van der Waals surface area contributed by atoms with E-state index in [2.05, 4.69) is 28.4 Å². The number of likely N-dealkylation sites (tertiary alicyclic amines) is 1. The lowest BCUT2D eigenvalue weighted by Crippen LogP contribution is -2.43. The zero-order valence-corrected chi connectivity index (χ0v) is 25.0. The highest BCUT2D eigenvalue weighted by molar-refractivity contribution is 7.89. The molecule has 0 spiro atoms. The minimum absolute atomic E-state index is 0.0480. The summed E-state index contributed by atoms with van der Waals surface area (Å²) in [6.45, 7) is 3.15. The molecule has 1 aliphatic heterocycles. The van der Waals surface area contributed by atoms with E-state index in [4.69, 9.17) is 0 Å². The van der Waals surface area contributed by atoms with Gasteiger partial charge in [0.05, 0.1) is 16.5 Å². The van der Waals surface area contributed by atoms with E-state index in [0.29, 0.717) is 18.9 Å². The van der Waals surface area contributed by atoms with E-state index < -0.39 is 21.8 Å². The number of halogens is 3. The molecule has 5 rings (SSSR count). The highest BCUT2D eigenvalue weighted by atomic mass is 32.2. The van der Waals surface area contributed by atoms with Crippen LogP contribution >= 0.6 is 0 Å². The van der Waals surface area contributed by atoms with Crippen molar-refractivity contribution >= 4 is 15.9 Å². The number of aryl methyl sites for hydroxylation is 1. The van der Waals surface area contributed by atoms with Crippen LogP contribution in [-0.4, -0.2) is 49.2 Å². The number of nitrogens with one attached hydrogen (secondary N) is 1. The van der Waals surface area contributed by atoms with Crippen LogP contribution in [0, 0.1) is 0 Å². The SMILES string of the molecule is O=C(CCN(C1CCCCC1)S(=O)(=O)c1cccc(C(F)(F)F)c1)N[C@@H]1CCCc2cc(CN3CCCCC3)ccc21. The van der Waals surface area contributed by atoms with E-state index in [0.717, 1.165) is 75.9 Å². The topological polar surface area (TPSA) is 69.7 Å². The fourth-order valence-electron chi connectivity index (χ4n) is 6.81. The van der Waals surface area contributed by atoms with Crippen LogP contribution in [0.2, 0.25) is 0 Å². The highest BCUT2D eigenvalue weighted by Crippen LogP contribution is 2.34. The molecule has 0 unspecified atom stereocenters. The fourth-order valence-corrected chi connectivity index (χ4v) is 8.54. The molecular weight excluding hydrogens is 563 g/mol. The number of carbonyl (C=O) groups is 1. The fraction of sp³-hybridized carbons (Fsp3) is 0.594. The maximum Gasteiger partial charge on any atom is 0.416 e. The first-order valence-electron chi connectivity index (χ1n) is 15.4. The Kier molecular flexibility index (Phi) is 9.95. The van der Waals surface area contributed by atoms with Crippen LogP contribution in [0.25, 0.3) is 0 Å². The van der Waals surface area contributed by atoms with Gasteiger partial charge < -0.3 is 5.32 Å². The van der Waals surface area contributed by atoms with Gasteiger partial charge in [0.25, 0.3) is 0 Å². The Morgan fingerprint density at radius 2 is 1.67 bits per heavy atom. The van der Waals surface area contributed by atoms with Crippen LogP contribution in [0.3, 0.4) is 0 Å². The monoisotopic (exact) mass is 605 g/mol. The molecule has 1 heterocycles. The van der Waals surface area contributed by atoms with Crippen molar-refractivity contribution in [2.45, 2.75) is 107 Å². The van der Waals surface area contributed by atoms with Crippen molar-refractivity contribution in [3.05, 3.63) is 64.7 Å². The second-order valence-corrected chi connectivity index (χ2v) is 14.0. The molecule has 1 N–H and O–H groups in total. The summed E-state index contributed by atoms with van der Waals surface area (Å²) in [6.07, 6.45) is 5.82. The van der Waals surface area contributed by atoms with E-state index in [1.165, 1.54) is 40.8 Å². The Morgan fingerprint density at radius 1 is 0.929 bits per heavy atom. The van der Waals surface area contributed by atoms with Crippen LogP contribution in [0.1, 0.15) is 98.9 Å². The molecule has 2 aliphatic carbocycles. The number of piperidine rings is 1. The molecule has 0 bridgehead atoms. The maximum absolute atomic E-state index is 13.7. The average molecular weight is 606 g/mol. The number of nitrogens with zero attached hydrogens (tertiary/aromatic N) is 2. The molecular formula is C32H42F3N3O3S. The second kappa shape index (κ2) is 13.5. The lowest BCUT2D eigenvalue weighted by molar-refractivity contribution is -0.137. The lowest BCUT2D eigenvalue weighted by Gasteiger charge is -2.34.